The van der Waals surface area contributed by atoms with Crippen LogP contribution < -0.4 is 5.32 Å². The summed E-state index contributed by atoms with van der Waals surface area (Å²) in [5, 5.41) is 3.09. The van der Waals surface area contributed by atoms with Crippen molar-refractivity contribution in [2.45, 2.75) is 25.7 Å². The molecule has 1 N–H and O–H groups in total. The third-order valence-corrected chi connectivity index (χ3v) is 4.81. The van der Waals surface area contributed by atoms with Gasteiger partial charge in [0.1, 0.15) is 0 Å². The van der Waals surface area contributed by atoms with Gasteiger partial charge in [0.2, 0.25) is 5.91 Å². The van der Waals surface area contributed by atoms with E-state index in [0.29, 0.717) is 6.42 Å². The van der Waals surface area contributed by atoms with Crippen LogP contribution >= 0.6 is 0 Å². The smallest absolute Gasteiger partial charge is 0.228 e. The van der Waals surface area contributed by atoms with E-state index in [1.54, 1.807) is 0 Å². The molecule has 0 fully saturated rings. The molecule has 0 saturated carbocycles. The number of carbonyl (C=O) groups is 1. The third kappa shape index (κ3) is 3.48. The van der Waals surface area contributed by atoms with Crippen molar-refractivity contribution in [1.29, 1.82) is 0 Å². The van der Waals surface area contributed by atoms with Gasteiger partial charge in [0.25, 0.3) is 0 Å². The molecule has 2 nitrogen and oxygen atoms in total. The second-order valence-corrected chi connectivity index (χ2v) is 6.59. The van der Waals surface area contributed by atoms with Gasteiger partial charge in [0.05, 0.1) is 6.42 Å². The van der Waals surface area contributed by atoms with Gasteiger partial charge in [-0.25, -0.2) is 0 Å². The number of fused-ring (bicyclic) bond motifs is 1. The van der Waals surface area contributed by atoms with Gasteiger partial charge in [-0.15, -0.1) is 0 Å². The first kappa shape index (κ1) is 15.6. The van der Waals surface area contributed by atoms with Gasteiger partial charge in [-0.3, -0.25) is 4.79 Å². The molecule has 0 bridgehead atoms. The Morgan fingerprint density at radius 1 is 0.840 bits per heavy atom. The molecule has 0 atom stereocenters. The van der Waals surface area contributed by atoms with E-state index in [4.69, 9.17) is 0 Å². The molecule has 1 aliphatic rings. The van der Waals surface area contributed by atoms with Crippen molar-refractivity contribution in [1.82, 2.24) is 0 Å². The summed E-state index contributed by atoms with van der Waals surface area (Å²) in [7, 11) is 0. The van der Waals surface area contributed by atoms with Crippen LogP contribution in [0.5, 0.6) is 0 Å². The van der Waals surface area contributed by atoms with Crippen LogP contribution in [-0.4, -0.2) is 5.91 Å². The zero-order valence-electron chi connectivity index (χ0n) is 14.2. The Bertz CT molecular complexity index is 899. The quantitative estimate of drug-likeness (QED) is 0.716. The highest BCUT2D eigenvalue weighted by Crippen LogP contribution is 2.28. The van der Waals surface area contributed by atoms with E-state index in [2.05, 4.69) is 35.6 Å². The van der Waals surface area contributed by atoms with E-state index in [0.717, 1.165) is 28.8 Å². The molecule has 1 amide bonds. The van der Waals surface area contributed by atoms with Crippen LogP contribution in [0.4, 0.5) is 5.69 Å². The van der Waals surface area contributed by atoms with E-state index in [1.807, 2.05) is 42.5 Å². The molecule has 0 spiro atoms. The molecule has 0 heterocycles. The molecule has 25 heavy (non-hydrogen) atoms. The van der Waals surface area contributed by atoms with Crippen LogP contribution in [0.15, 0.2) is 72.8 Å². The minimum atomic E-state index is 0.0290. The SMILES string of the molecule is O=C(Cc1ccc2c(c1)CCC2)Nc1ccccc1-c1ccccc1. The molecule has 2 heteroatoms. The maximum absolute atomic E-state index is 12.6. The van der Waals surface area contributed by atoms with E-state index in [-0.39, 0.29) is 5.91 Å². The Morgan fingerprint density at radius 2 is 1.60 bits per heavy atom. The van der Waals surface area contributed by atoms with Gasteiger partial charge in [-0.05, 0) is 47.6 Å². The maximum Gasteiger partial charge on any atom is 0.228 e. The second-order valence-electron chi connectivity index (χ2n) is 6.59. The van der Waals surface area contributed by atoms with Crippen molar-refractivity contribution in [3.63, 3.8) is 0 Å². The molecule has 3 aromatic rings. The van der Waals surface area contributed by atoms with Gasteiger partial charge >= 0.3 is 0 Å². The second kappa shape index (κ2) is 6.94. The minimum absolute atomic E-state index is 0.0290. The minimum Gasteiger partial charge on any atom is -0.325 e. The normalized spacial score (nSPS) is 12.6. The summed E-state index contributed by atoms with van der Waals surface area (Å²) in [6.45, 7) is 0. The lowest BCUT2D eigenvalue weighted by Gasteiger charge is -2.12. The van der Waals surface area contributed by atoms with Crippen LogP contribution in [0.3, 0.4) is 0 Å². The highest BCUT2D eigenvalue weighted by Gasteiger charge is 2.13. The number of rotatable bonds is 4. The largest absolute Gasteiger partial charge is 0.325 e. The molecule has 0 unspecified atom stereocenters. The fourth-order valence-electron chi connectivity index (χ4n) is 3.58. The summed E-state index contributed by atoms with van der Waals surface area (Å²) in [4.78, 5) is 12.6. The maximum atomic E-state index is 12.6. The number of para-hydroxylation sites is 1. The standard InChI is InChI=1S/C23H21NO/c25-23(16-17-13-14-18-9-6-10-20(18)15-17)24-22-12-5-4-11-21(22)19-7-2-1-3-8-19/h1-5,7-8,11-15H,6,9-10,16H2,(H,24,25). The molecule has 124 valence electrons. The molecule has 0 aliphatic heterocycles. The lowest BCUT2D eigenvalue weighted by atomic mass is 10.0. The number of aryl methyl sites for hydroxylation is 2. The molecular weight excluding hydrogens is 306 g/mol. The number of hydrogen-bond donors (Lipinski definition) is 1. The van der Waals surface area contributed by atoms with Crippen molar-refractivity contribution in [3.8, 4) is 11.1 Å². The van der Waals surface area contributed by atoms with Gasteiger partial charge in [-0.2, -0.15) is 0 Å². The average molecular weight is 327 g/mol. The zero-order chi connectivity index (χ0) is 17.1. The number of benzene rings is 3. The van der Waals surface area contributed by atoms with Crippen molar-refractivity contribution in [3.05, 3.63) is 89.5 Å². The van der Waals surface area contributed by atoms with E-state index < -0.39 is 0 Å². The van der Waals surface area contributed by atoms with Crippen LogP contribution in [0.25, 0.3) is 11.1 Å². The Balaban J connectivity index is 1.52. The Kier molecular flexibility index (Phi) is 4.34. The van der Waals surface area contributed by atoms with Crippen molar-refractivity contribution < 1.29 is 4.79 Å². The number of anilines is 1. The highest BCUT2D eigenvalue weighted by atomic mass is 16.1. The van der Waals surface area contributed by atoms with Gasteiger partial charge in [-0.1, -0.05) is 66.7 Å². The topological polar surface area (TPSA) is 29.1 Å². The zero-order valence-corrected chi connectivity index (χ0v) is 14.2. The fourth-order valence-corrected chi connectivity index (χ4v) is 3.58. The Morgan fingerprint density at radius 3 is 2.48 bits per heavy atom. The molecule has 0 aromatic heterocycles. The van der Waals surface area contributed by atoms with E-state index in [9.17, 15) is 4.79 Å². The lowest BCUT2D eigenvalue weighted by molar-refractivity contribution is -0.115. The van der Waals surface area contributed by atoms with Crippen LogP contribution in [0, 0.1) is 0 Å². The summed E-state index contributed by atoms with van der Waals surface area (Å²) >= 11 is 0. The highest BCUT2D eigenvalue weighted by molar-refractivity contribution is 5.96. The summed E-state index contributed by atoms with van der Waals surface area (Å²) in [6, 6.07) is 24.6. The Labute approximate surface area is 148 Å². The molecule has 1 aliphatic carbocycles. The van der Waals surface area contributed by atoms with Crippen LogP contribution in [0.1, 0.15) is 23.1 Å². The first-order valence-electron chi connectivity index (χ1n) is 8.84. The summed E-state index contributed by atoms with van der Waals surface area (Å²) < 4.78 is 0. The lowest BCUT2D eigenvalue weighted by Crippen LogP contribution is -2.15. The average Bonchev–Trinajstić information content (AvgIpc) is 3.10. The Hall–Kier alpha value is -2.87. The summed E-state index contributed by atoms with van der Waals surface area (Å²) in [5.41, 5.74) is 6.96. The van der Waals surface area contributed by atoms with E-state index >= 15 is 0 Å². The van der Waals surface area contributed by atoms with Gasteiger partial charge in [0.15, 0.2) is 0 Å². The number of nitrogens with one attached hydrogen (secondary N) is 1. The predicted molar refractivity (Wildman–Crippen MR) is 103 cm³/mol. The third-order valence-electron chi connectivity index (χ3n) is 4.81. The molecular formula is C23H21NO. The van der Waals surface area contributed by atoms with Crippen molar-refractivity contribution >= 4 is 11.6 Å². The van der Waals surface area contributed by atoms with Crippen molar-refractivity contribution in [2.75, 3.05) is 5.32 Å². The molecule has 3 aromatic carbocycles. The van der Waals surface area contributed by atoms with Crippen molar-refractivity contribution in [2.24, 2.45) is 0 Å². The summed E-state index contributed by atoms with van der Waals surface area (Å²) in [6.07, 6.45) is 3.96. The number of hydrogen-bond acceptors (Lipinski definition) is 1. The number of amides is 1. The van der Waals surface area contributed by atoms with E-state index in [1.165, 1.54) is 24.0 Å². The monoisotopic (exact) mass is 327 g/mol. The van der Waals surface area contributed by atoms with Gasteiger partial charge in [0, 0.05) is 11.3 Å². The fraction of sp³-hybridized carbons (Fsp3) is 0.174. The van der Waals surface area contributed by atoms with Crippen LogP contribution in [-0.2, 0) is 24.1 Å². The first-order chi connectivity index (χ1) is 12.3. The van der Waals surface area contributed by atoms with Gasteiger partial charge < -0.3 is 5.32 Å². The number of carbonyl (C=O) groups excluding carboxylic acids is 1. The molecule has 0 radical (unpaired) electrons. The molecule has 4 rings (SSSR count). The predicted octanol–water partition coefficient (Wildman–Crippen LogP) is 5.02. The van der Waals surface area contributed by atoms with Crippen LogP contribution in [0.2, 0.25) is 0 Å². The summed E-state index contributed by atoms with van der Waals surface area (Å²) in [5.74, 6) is 0.0290. The molecule has 0 saturated heterocycles. The first-order valence-corrected chi connectivity index (χ1v) is 8.84.